The second-order valence-corrected chi connectivity index (χ2v) is 5.42. The summed E-state index contributed by atoms with van der Waals surface area (Å²) < 4.78 is 0. The van der Waals surface area contributed by atoms with Crippen molar-refractivity contribution in [2.24, 2.45) is 0 Å². The van der Waals surface area contributed by atoms with E-state index in [4.69, 9.17) is 21.8 Å². The number of aliphatic hydroxyl groups is 2. The summed E-state index contributed by atoms with van der Waals surface area (Å²) in [6.07, 6.45) is 2.52. The van der Waals surface area contributed by atoms with Gasteiger partial charge in [0.05, 0.1) is 24.7 Å². The zero-order chi connectivity index (χ0) is 13.9. The molecule has 5 heteroatoms. The lowest BCUT2D eigenvalue weighted by Gasteiger charge is -2.41. The van der Waals surface area contributed by atoms with E-state index in [1.165, 1.54) is 0 Å². The normalized spacial score (nSPS) is 17.1. The van der Waals surface area contributed by atoms with Gasteiger partial charge in [0.2, 0.25) is 5.91 Å². The van der Waals surface area contributed by atoms with E-state index >= 15 is 0 Å². The molecule has 1 aliphatic rings. The lowest BCUT2D eigenvalue weighted by atomic mass is 9.63. The Bertz CT molecular complexity index is 456. The molecule has 1 aromatic rings. The van der Waals surface area contributed by atoms with Gasteiger partial charge in [-0.15, -0.1) is 0 Å². The first-order chi connectivity index (χ1) is 9.12. The molecular formula is C14H18ClNO3. The molecule has 0 heterocycles. The Kier molecular flexibility index (Phi) is 4.45. The number of amides is 1. The van der Waals surface area contributed by atoms with Gasteiger partial charge in [-0.25, -0.2) is 0 Å². The molecule has 1 amide bonds. The maximum atomic E-state index is 12.4. The molecule has 4 nitrogen and oxygen atoms in total. The summed E-state index contributed by atoms with van der Waals surface area (Å²) in [6.45, 7) is -0.540. The molecule has 104 valence electrons. The number of carbonyl (C=O) groups is 1. The fourth-order valence-corrected chi connectivity index (χ4v) is 2.63. The summed E-state index contributed by atoms with van der Waals surface area (Å²) in [7, 11) is 0. The topological polar surface area (TPSA) is 69.6 Å². The van der Waals surface area contributed by atoms with Crippen molar-refractivity contribution in [3.8, 4) is 0 Å². The molecule has 1 aliphatic carbocycles. The predicted octanol–water partition coefficient (Wildman–Crippen LogP) is 1.23. The Labute approximate surface area is 117 Å². The molecule has 0 radical (unpaired) electrons. The Morgan fingerprint density at radius 3 is 2.53 bits per heavy atom. The monoisotopic (exact) mass is 283 g/mol. The second kappa shape index (κ2) is 5.90. The second-order valence-electron chi connectivity index (χ2n) is 4.98. The van der Waals surface area contributed by atoms with Crippen molar-refractivity contribution in [3.63, 3.8) is 0 Å². The predicted molar refractivity (Wildman–Crippen MR) is 73.1 cm³/mol. The van der Waals surface area contributed by atoms with E-state index in [1.54, 1.807) is 6.07 Å². The van der Waals surface area contributed by atoms with E-state index < -0.39 is 11.5 Å². The number of aliphatic hydroxyl groups excluding tert-OH is 2. The van der Waals surface area contributed by atoms with Crippen LogP contribution in [0.4, 0.5) is 0 Å². The summed E-state index contributed by atoms with van der Waals surface area (Å²) in [5.41, 5.74) is 0.339. The molecule has 0 saturated heterocycles. The fourth-order valence-electron chi connectivity index (χ4n) is 2.44. The first-order valence-corrected chi connectivity index (χ1v) is 6.79. The first kappa shape index (κ1) is 14.3. The number of nitrogens with one attached hydrogen (secondary N) is 1. The number of benzene rings is 1. The Balaban J connectivity index is 2.20. The average Bonchev–Trinajstić information content (AvgIpc) is 2.34. The summed E-state index contributed by atoms with van der Waals surface area (Å²) in [5.74, 6) is -0.144. The molecule has 19 heavy (non-hydrogen) atoms. The van der Waals surface area contributed by atoms with Crippen LogP contribution in [0.2, 0.25) is 5.02 Å². The Morgan fingerprint density at radius 2 is 2.05 bits per heavy atom. The van der Waals surface area contributed by atoms with Crippen LogP contribution in [0, 0.1) is 0 Å². The third-order valence-corrected chi connectivity index (χ3v) is 4.03. The van der Waals surface area contributed by atoms with Crippen molar-refractivity contribution >= 4 is 17.5 Å². The molecular weight excluding hydrogens is 266 g/mol. The summed E-state index contributed by atoms with van der Waals surface area (Å²) >= 11 is 5.99. The molecule has 0 atom stereocenters. The zero-order valence-corrected chi connectivity index (χ0v) is 11.4. The van der Waals surface area contributed by atoms with Crippen LogP contribution >= 0.6 is 11.6 Å². The van der Waals surface area contributed by atoms with Crippen molar-refractivity contribution in [2.45, 2.75) is 30.7 Å². The molecule has 1 fully saturated rings. The molecule has 0 spiro atoms. The highest BCUT2D eigenvalue weighted by atomic mass is 35.5. The van der Waals surface area contributed by atoms with E-state index in [0.717, 1.165) is 24.8 Å². The van der Waals surface area contributed by atoms with E-state index in [2.05, 4.69) is 5.32 Å². The van der Waals surface area contributed by atoms with Crippen LogP contribution in [0.15, 0.2) is 24.3 Å². The van der Waals surface area contributed by atoms with Gasteiger partial charge in [0.1, 0.15) is 0 Å². The molecule has 2 rings (SSSR count). The van der Waals surface area contributed by atoms with Gasteiger partial charge in [-0.1, -0.05) is 30.2 Å². The molecule has 0 aromatic heterocycles. The lowest BCUT2D eigenvalue weighted by Crippen LogP contribution is -2.53. The van der Waals surface area contributed by atoms with Crippen molar-refractivity contribution in [3.05, 3.63) is 34.9 Å². The van der Waals surface area contributed by atoms with Crippen molar-refractivity contribution in [1.82, 2.24) is 5.32 Å². The number of halogens is 1. The van der Waals surface area contributed by atoms with Crippen LogP contribution in [0.5, 0.6) is 0 Å². The van der Waals surface area contributed by atoms with Crippen LogP contribution in [0.3, 0.4) is 0 Å². The minimum Gasteiger partial charge on any atom is -0.394 e. The molecule has 0 unspecified atom stereocenters. The van der Waals surface area contributed by atoms with Crippen molar-refractivity contribution in [2.75, 3.05) is 13.2 Å². The maximum absolute atomic E-state index is 12.4. The highest BCUT2D eigenvalue weighted by Crippen LogP contribution is 2.44. The van der Waals surface area contributed by atoms with Crippen LogP contribution < -0.4 is 5.32 Å². The minimum atomic E-state index is -0.607. The Morgan fingerprint density at radius 1 is 1.37 bits per heavy atom. The van der Waals surface area contributed by atoms with Gasteiger partial charge in [-0.05, 0) is 30.5 Å². The van der Waals surface area contributed by atoms with Crippen LogP contribution in [-0.4, -0.2) is 35.4 Å². The van der Waals surface area contributed by atoms with E-state index in [1.807, 2.05) is 18.2 Å². The largest absolute Gasteiger partial charge is 0.394 e. The third kappa shape index (κ3) is 2.76. The summed E-state index contributed by atoms with van der Waals surface area (Å²) in [6, 6.07) is 6.72. The molecule has 0 bridgehead atoms. The molecule has 0 aliphatic heterocycles. The first-order valence-electron chi connectivity index (χ1n) is 6.41. The quantitative estimate of drug-likeness (QED) is 0.761. The lowest BCUT2D eigenvalue weighted by molar-refractivity contribution is -0.131. The van der Waals surface area contributed by atoms with Crippen LogP contribution in [-0.2, 0) is 10.2 Å². The summed E-state index contributed by atoms with van der Waals surface area (Å²) in [5, 5.41) is 21.4. The molecule has 3 N–H and O–H groups in total. The SMILES string of the molecule is O=C(NC(CO)CO)C1(c2cccc(Cl)c2)CCC1. The number of rotatable bonds is 5. The Hall–Kier alpha value is -1.10. The highest BCUT2D eigenvalue weighted by Gasteiger charge is 2.46. The molecule has 1 saturated carbocycles. The standard InChI is InChI=1S/C14H18ClNO3/c15-11-4-1-3-10(7-11)14(5-2-6-14)13(19)16-12(8-17)9-18/h1,3-4,7,12,17-18H,2,5-6,8-9H2,(H,16,19). The number of hydrogen-bond acceptors (Lipinski definition) is 3. The third-order valence-electron chi connectivity index (χ3n) is 3.79. The van der Waals surface area contributed by atoms with Crippen LogP contribution in [0.1, 0.15) is 24.8 Å². The van der Waals surface area contributed by atoms with E-state index in [0.29, 0.717) is 5.02 Å². The highest BCUT2D eigenvalue weighted by molar-refractivity contribution is 6.30. The van der Waals surface area contributed by atoms with Crippen molar-refractivity contribution in [1.29, 1.82) is 0 Å². The van der Waals surface area contributed by atoms with Gasteiger partial charge >= 0.3 is 0 Å². The minimum absolute atomic E-state index is 0.144. The molecule has 1 aromatic carbocycles. The van der Waals surface area contributed by atoms with Gasteiger partial charge in [-0.2, -0.15) is 0 Å². The maximum Gasteiger partial charge on any atom is 0.231 e. The number of hydrogen-bond donors (Lipinski definition) is 3. The van der Waals surface area contributed by atoms with Crippen molar-refractivity contribution < 1.29 is 15.0 Å². The van der Waals surface area contributed by atoms with Gasteiger partial charge in [0.25, 0.3) is 0 Å². The number of carbonyl (C=O) groups excluding carboxylic acids is 1. The summed E-state index contributed by atoms with van der Waals surface area (Å²) in [4.78, 5) is 12.4. The smallest absolute Gasteiger partial charge is 0.231 e. The van der Waals surface area contributed by atoms with Gasteiger partial charge in [-0.3, -0.25) is 4.79 Å². The van der Waals surface area contributed by atoms with Crippen LogP contribution in [0.25, 0.3) is 0 Å². The van der Waals surface area contributed by atoms with Gasteiger partial charge in [0.15, 0.2) is 0 Å². The zero-order valence-electron chi connectivity index (χ0n) is 10.6. The van der Waals surface area contributed by atoms with E-state index in [9.17, 15) is 4.79 Å². The average molecular weight is 284 g/mol. The van der Waals surface area contributed by atoms with Gasteiger partial charge in [0, 0.05) is 5.02 Å². The fraction of sp³-hybridized carbons (Fsp3) is 0.500. The van der Waals surface area contributed by atoms with Gasteiger partial charge < -0.3 is 15.5 Å². The van der Waals surface area contributed by atoms with E-state index in [-0.39, 0.29) is 19.1 Å².